The second-order valence-corrected chi connectivity index (χ2v) is 3.31. The van der Waals surface area contributed by atoms with Gasteiger partial charge in [0.25, 0.3) is 0 Å². The van der Waals surface area contributed by atoms with Crippen LogP contribution in [0.1, 0.15) is 46.0 Å². The van der Waals surface area contributed by atoms with Crippen molar-refractivity contribution in [2.45, 2.75) is 46.0 Å². The normalized spacial score (nSPS) is 32.7. The first-order chi connectivity index (χ1) is 4.38. The van der Waals surface area contributed by atoms with Crippen molar-refractivity contribution in [1.82, 2.24) is 0 Å². The quantitative estimate of drug-likeness (QED) is 0.542. The second-order valence-electron chi connectivity index (χ2n) is 3.31. The Labute approximate surface area is 58.7 Å². The van der Waals surface area contributed by atoms with Gasteiger partial charge in [0.05, 0.1) is 0 Å². The van der Waals surface area contributed by atoms with Crippen LogP contribution in [0.25, 0.3) is 0 Å². The summed E-state index contributed by atoms with van der Waals surface area (Å²) in [6, 6.07) is 0. The van der Waals surface area contributed by atoms with Gasteiger partial charge in [-0.2, -0.15) is 0 Å². The lowest BCUT2D eigenvalue weighted by Crippen LogP contribution is -1.80. The molecule has 1 fully saturated rings. The minimum atomic E-state index is 1.12. The zero-order valence-corrected chi connectivity index (χ0v) is 6.69. The van der Waals surface area contributed by atoms with Crippen molar-refractivity contribution in [2.24, 2.45) is 11.8 Å². The topological polar surface area (TPSA) is 0 Å². The molecule has 0 saturated heterocycles. The molecule has 0 bridgehead atoms. The molecule has 1 rings (SSSR count). The van der Waals surface area contributed by atoms with Gasteiger partial charge in [0.2, 0.25) is 0 Å². The van der Waals surface area contributed by atoms with Crippen molar-refractivity contribution in [3.05, 3.63) is 0 Å². The molecule has 2 atom stereocenters. The third-order valence-corrected chi connectivity index (χ3v) is 2.52. The summed E-state index contributed by atoms with van der Waals surface area (Å²) < 4.78 is 0. The van der Waals surface area contributed by atoms with Crippen LogP contribution in [0.5, 0.6) is 0 Å². The molecule has 0 heteroatoms. The van der Waals surface area contributed by atoms with E-state index >= 15 is 0 Å². The van der Waals surface area contributed by atoms with Crippen molar-refractivity contribution in [1.29, 1.82) is 0 Å². The zero-order chi connectivity index (χ0) is 6.69. The highest BCUT2D eigenvalue weighted by Gasteiger charge is 2.33. The van der Waals surface area contributed by atoms with Crippen LogP contribution in [-0.4, -0.2) is 0 Å². The number of rotatable bonds is 4. The van der Waals surface area contributed by atoms with Gasteiger partial charge in [-0.15, -0.1) is 0 Å². The molecular formula is C9H18. The van der Waals surface area contributed by atoms with Gasteiger partial charge in [0, 0.05) is 0 Å². The molecule has 0 aromatic rings. The van der Waals surface area contributed by atoms with Crippen molar-refractivity contribution >= 4 is 0 Å². The van der Waals surface area contributed by atoms with E-state index in [1.807, 2.05) is 0 Å². The summed E-state index contributed by atoms with van der Waals surface area (Å²) in [4.78, 5) is 0. The van der Waals surface area contributed by atoms with Crippen molar-refractivity contribution in [3.8, 4) is 0 Å². The van der Waals surface area contributed by atoms with Crippen LogP contribution in [0, 0.1) is 11.8 Å². The van der Waals surface area contributed by atoms with E-state index < -0.39 is 0 Å². The molecule has 0 aromatic carbocycles. The molecular weight excluding hydrogens is 108 g/mol. The maximum Gasteiger partial charge on any atom is -0.0383 e. The van der Waals surface area contributed by atoms with Crippen molar-refractivity contribution in [2.75, 3.05) is 0 Å². The average Bonchev–Trinajstić information content (AvgIpc) is 2.62. The molecule has 0 aliphatic heterocycles. The van der Waals surface area contributed by atoms with Crippen LogP contribution in [0.2, 0.25) is 0 Å². The fourth-order valence-electron chi connectivity index (χ4n) is 1.63. The molecule has 0 unspecified atom stereocenters. The van der Waals surface area contributed by atoms with Crippen molar-refractivity contribution in [3.63, 3.8) is 0 Å². The predicted octanol–water partition coefficient (Wildman–Crippen LogP) is 3.22. The molecule has 1 aliphatic rings. The van der Waals surface area contributed by atoms with Gasteiger partial charge in [-0.05, 0) is 18.3 Å². The Bertz CT molecular complexity index is 76.1. The lowest BCUT2D eigenvalue weighted by molar-refractivity contribution is 0.594. The maximum atomic E-state index is 2.32. The summed E-state index contributed by atoms with van der Waals surface area (Å²) >= 11 is 0. The first kappa shape index (κ1) is 7.11. The van der Waals surface area contributed by atoms with Gasteiger partial charge in [0.1, 0.15) is 0 Å². The third-order valence-electron chi connectivity index (χ3n) is 2.52. The van der Waals surface area contributed by atoms with E-state index in [2.05, 4.69) is 13.8 Å². The number of hydrogen-bond donors (Lipinski definition) is 0. The van der Waals surface area contributed by atoms with Crippen LogP contribution in [-0.2, 0) is 0 Å². The summed E-state index contributed by atoms with van der Waals surface area (Å²) in [5.74, 6) is 2.26. The molecule has 0 N–H and O–H groups in total. The second kappa shape index (κ2) is 3.24. The van der Waals surface area contributed by atoms with Gasteiger partial charge >= 0.3 is 0 Å². The summed E-state index contributed by atoms with van der Waals surface area (Å²) in [5.41, 5.74) is 0. The Morgan fingerprint density at radius 3 is 2.44 bits per heavy atom. The van der Waals surface area contributed by atoms with Crippen LogP contribution in [0.3, 0.4) is 0 Å². The highest BCUT2D eigenvalue weighted by atomic mass is 14.4. The predicted molar refractivity (Wildman–Crippen MR) is 41.4 cm³/mol. The average molecular weight is 126 g/mol. The van der Waals surface area contributed by atoms with Gasteiger partial charge in [-0.25, -0.2) is 0 Å². The standard InChI is InChI=1S/C9H18/c1-3-5-6-9-7-8(9)4-2/h8-9H,3-7H2,1-2H3/t8-,9-/m0/s1. The van der Waals surface area contributed by atoms with E-state index in [9.17, 15) is 0 Å². The lowest BCUT2D eigenvalue weighted by Gasteiger charge is -1.93. The Hall–Kier alpha value is 0. The van der Waals surface area contributed by atoms with E-state index in [-0.39, 0.29) is 0 Å². The lowest BCUT2D eigenvalue weighted by atomic mass is 10.1. The monoisotopic (exact) mass is 126 g/mol. The Morgan fingerprint density at radius 2 is 2.00 bits per heavy atom. The van der Waals surface area contributed by atoms with E-state index in [1.165, 1.54) is 32.1 Å². The van der Waals surface area contributed by atoms with Gasteiger partial charge < -0.3 is 0 Å². The van der Waals surface area contributed by atoms with E-state index in [4.69, 9.17) is 0 Å². The minimum Gasteiger partial charge on any atom is -0.0654 e. The molecule has 9 heavy (non-hydrogen) atoms. The first-order valence-electron chi connectivity index (χ1n) is 4.38. The third kappa shape index (κ3) is 2.00. The smallest absolute Gasteiger partial charge is 0.0383 e. The van der Waals surface area contributed by atoms with E-state index in [0.29, 0.717) is 0 Å². The fraction of sp³-hybridized carbons (Fsp3) is 1.00. The molecule has 0 nitrogen and oxygen atoms in total. The maximum absolute atomic E-state index is 2.32. The summed E-state index contributed by atoms with van der Waals surface area (Å²) in [5, 5.41) is 0. The van der Waals surface area contributed by atoms with Crippen LogP contribution in [0.15, 0.2) is 0 Å². The van der Waals surface area contributed by atoms with Crippen molar-refractivity contribution < 1.29 is 0 Å². The molecule has 0 amide bonds. The highest BCUT2D eigenvalue weighted by Crippen LogP contribution is 2.44. The highest BCUT2D eigenvalue weighted by molar-refractivity contribution is 4.84. The Morgan fingerprint density at radius 1 is 1.22 bits per heavy atom. The molecule has 0 radical (unpaired) electrons. The SMILES string of the molecule is CCCC[C@H]1C[C@@H]1CC. The molecule has 0 spiro atoms. The van der Waals surface area contributed by atoms with Gasteiger partial charge in [-0.3, -0.25) is 0 Å². The molecule has 1 aliphatic carbocycles. The van der Waals surface area contributed by atoms with E-state index in [0.717, 1.165) is 11.8 Å². The zero-order valence-electron chi connectivity index (χ0n) is 6.69. The molecule has 0 heterocycles. The number of unbranched alkanes of at least 4 members (excludes halogenated alkanes) is 1. The summed E-state index contributed by atoms with van der Waals surface area (Å²) in [6.07, 6.45) is 7.31. The molecule has 1 saturated carbocycles. The molecule has 0 aromatic heterocycles. The fourth-order valence-corrected chi connectivity index (χ4v) is 1.63. The first-order valence-corrected chi connectivity index (χ1v) is 4.38. The number of hydrogen-bond acceptors (Lipinski definition) is 0. The molecule has 54 valence electrons. The van der Waals surface area contributed by atoms with Gasteiger partial charge in [0.15, 0.2) is 0 Å². The van der Waals surface area contributed by atoms with Crippen LogP contribution < -0.4 is 0 Å². The van der Waals surface area contributed by atoms with Crippen LogP contribution in [0.4, 0.5) is 0 Å². The Kier molecular flexibility index (Phi) is 2.56. The van der Waals surface area contributed by atoms with Gasteiger partial charge in [-0.1, -0.05) is 39.5 Å². The largest absolute Gasteiger partial charge is 0.0654 e. The van der Waals surface area contributed by atoms with E-state index in [1.54, 1.807) is 0 Å². The Balaban J connectivity index is 1.92. The van der Waals surface area contributed by atoms with Crippen LogP contribution >= 0.6 is 0 Å². The summed E-state index contributed by atoms with van der Waals surface area (Å²) in [7, 11) is 0. The minimum absolute atomic E-state index is 1.12. The summed E-state index contributed by atoms with van der Waals surface area (Å²) in [6.45, 7) is 4.60.